The molecule has 1 fully saturated rings. The molecule has 0 unspecified atom stereocenters. The van der Waals surface area contributed by atoms with E-state index in [1.165, 1.54) is 0 Å². The van der Waals surface area contributed by atoms with Crippen LogP contribution in [0.25, 0.3) is 0 Å². The summed E-state index contributed by atoms with van der Waals surface area (Å²) in [4.78, 5) is 11.1. The number of cyclic esters (lactones) is 1. The number of carbonyl (C=O) groups excluding carboxylic acids is 1. The van der Waals surface area contributed by atoms with Gasteiger partial charge in [0.25, 0.3) is 0 Å². The molecule has 2 aromatic carbocycles. The molecule has 1 aliphatic rings. The third-order valence-electron chi connectivity index (χ3n) is 3.41. The molecule has 0 radical (unpaired) electrons. The topological polar surface area (TPSA) is 47.6 Å². The van der Waals surface area contributed by atoms with Crippen LogP contribution in [0, 0.1) is 11.8 Å². The summed E-state index contributed by atoms with van der Waals surface area (Å²) in [7, 11) is 1.63. The Morgan fingerprint density at radius 3 is 2.82 bits per heavy atom. The standard InChI is InChI=1S/C18H15NO3/c1-21-17-8-3-2-6-14(17)10-9-13-5-4-7-15(11-13)16-12-22-18(20)19-16/h2-8,11,16H,12H2,1H3,(H,19,20)/t16-/m0/s1. The van der Waals surface area contributed by atoms with Crippen LogP contribution in [-0.4, -0.2) is 19.8 Å². The lowest BCUT2D eigenvalue weighted by molar-refractivity contribution is 0.177. The molecule has 1 atom stereocenters. The number of hydrogen-bond acceptors (Lipinski definition) is 3. The van der Waals surface area contributed by atoms with Crippen molar-refractivity contribution in [2.24, 2.45) is 0 Å². The first-order valence-corrected chi connectivity index (χ1v) is 6.94. The van der Waals surface area contributed by atoms with Gasteiger partial charge < -0.3 is 14.8 Å². The van der Waals surface area contributed by atoms with Crippen molar-refractivity contribution in [1.82, 2.24) is 5.32 Å². The van der Waals surface area contributed by atoms with E-state index in [2.05, 4.69) is 17.2 Å². The second kappa shape index (κ2) is 6.23. The van der Waals surface area contributed by atoms with E-state index in [4.69, 9.17) is 9.47 Å². The molecular weight excluding hydrogens is 278 g/mol. The van der Waals surface area contributed by atoms with E-state index in [0.717, 1.165) is 22.4 Å². The van der Waals surface area contributed by atoms with Gasteiger partial charge >= 0.3 is 6.09 Å². The number of methoxy groups -OCH3 is 1. The zero-order chi connectivity index (χ0) is 15.4. The molecule has 4 heteroatoms. The van der Waals surface area contributed by atoms with Crippen LogP contribution < -0.4 is 10.1 Å². The summed E-state index contributed by atoms with van der Waals surface area (Å²) in [6.45, 7) is 0.349. The Balaban J connectivity index is 1.85. The van der Waals surface area contributed by atoms with E-state index >= 15 is 0 Å². The van der Waals surface area contributed by atoms with Gasteiger partial charge in [-0.05, 0) is 29.8 Å². The van der Waals surface area contributed by atoms with Crippen LogP contribution in [0.2, 0.25) is 0 Å². The molecule has 0 saturated carbocycles. The summed E-state index contributed by atoms with van der Waals surface area (Å²) in [5, 5.41) is 2.76. The van der Waals surface area contributed by atoms with Gasteiger partial charge in [0.05, 0.1) is 18.7 Å². The molecule has 0 spiro atoms. The molecule has 1 N–H and O–H groups in total. The summed E-state index contributed by atoms with van der Waals surface area (Å²) in [5.74, 6) is 6.99. The number of para-hydroxylation sites is 1. The van der Waals surface area contributed by atoms with E-state index in [-0.39, 0.29) is 12.1 Å². The van der Waals surface area contributed by atoms with E-state index in [0.29, 0.717) is 6.61 Å². The van der Waals surface area contributed by atoms with Crippen molar-refractivity contribution in [2.45, 2.75) is 6.04 Å². The number of ether oxygens (including phenoxy) is 2. The quantitative estimate of drug-likeness (QED) is 0.866. The lowest BCUT2D eigenvalue weighted by atomic mass is 10.0. The Kier molecular flexibility index (Phi) is 3.97. The minimum Gasteiger partial charge on any atom is -0.495 e. The smallest absolute Gasteiger partial charge is 0.407 e. The van der Waals surface area contributed by atoms with Gasteiger partial charge in [-0.1, -0.05) is 36.1 Å². The average molecular weight is 293 g/mol. The van der Waals surface area contributed by atoms with Gasteiger partial charge in [0.2, 0.25) is 0 Å². The molecule has 2 aromatic rings. The first-order valence-electron chi connectivity index (χ1n) is 6.94. The third-order valence-corrected chi connectivity index (χ3v) is 3.41. The van der Waals surface area contributed by atoms with E-state index < -0.39 is 0 Å². The zero-order valence-corrected chi connectivity index (χ0v) is 12.1. The predicted molar refractivity (Wildman–Crippen MR) is 82.6 cm³/mol. The monoisotopic (exact) mass is 293 g/mol. The van der Waals surface area contributed by atoms with Gasteiger partial charge in [-0.2, -0.15) is 0 Å². The fourth-order valence-corrected chi connectivity index (χ4v) is 2.28. The van der Waals surface area contributed by atoms with Crippen molar-refractivity contribution in [3.05, 3.63) is 65.2 Å². The maximum absolute atomic E-state index is 11.1. The van der Waals surface area contributed by atoms with Gasteiger partial charge in [-0.25, -0.2) is 4.79 Å². The summed E-state index contributed by atoms with van der Waals surface area (Å²) >= 11 is 0. The van der Waals surface area contributed by atoms with Gasteiger partial charge in [0.15, 0.2) is 0 Å². The van der Waals surface area contributed by atoms with Crippen molar-refractivity contribution < 1.29 is 14.3 Å². The molecule has 0 aromatic heterocycles. The molecule has 1 saturated heterocycles. The molecule has 1 heterocycles. The number of rotatable bonds is 2. The van der Waals surface area contributed by atoms with Crippen molar-refractivity contribution in [3.8, 4) is 17.6 Å². The Labute approximate surface area is 129 Å². The van der Waals surface area contributed by atoms with Crippen molar-refractivity contribution in [2.75, 3.05) is 13.7 Å². The highest BCUT2D eigenvalue weighted by Crippen LogP contribution is 2.19. The van der Waals surface area contributed by atoms with Crippen molar-refractivity contribution in [1.29, 1.82) is 0 Å². The first kappa shape index (κ1) is 14.0. The van der Waals surface area contributed by atoms with E-state index in [1.54, 1.807) is 7.11 Å². The van der Waals surface area contributed by atoms with Gasteiger partial charge in [0.1, 0.15) is 12.4 Å². The zero-order valence-electron chi connectivity index (χ0n) is 12.1. The average Bonchev–Trinajstić information content (AvgIpc) is 3.00. The number of amides is 1. The Hall–Kier alpha value is -2.93. The van der Waals surface area contributed by atoms with Gasteiger partial charge in [-0.3, -0.25) is 0 Å². The number of benzene rings is 2. The predicted octanol–water partition coefficient (Wildman–Crippen LogP) is 2.88. The maximum atomic E-state index is 11.1. The van der Waals surface area contributed by atoms with Gasteiger partial charge in [-0.15, -0.1) is 0 Å². The maximum Gasteiger partial charge on any atom is 0.407 e. The lowest BCUT2D eigenvalue weighted by Gasteiger charge is -2.07. The Morgan fingerprint density at radius 1 is 1.18 bits per heavy atom. The SMILES string of the molecule is COc1ccccc1C#Cc1cccc([C@@H]2COC(=O)N2)c1. The van der Waals surface area contributed by atoms with Crippen LogP contribution in [0.15, 0.2) is 48.5 Å². The molecule has 22 heavy (non-hydrogen) atoms. The first-order chi connectivity index (χ1) is 10.8. The van der Waals surface area contributed by atoms with Crippen LogP contribution in [0.1, 0.15) is 22.7 Å². The fraction of sp³-hybridized carbons (Fsp3) is 0.167. The molecule has 0 bridgehead atoms. The highest BCUT2D eigenvalue weighted by atomic mass is 16.6. The summed E-state index contributed by atoms with van der Waals surface area (Å²) in [6, 6.07) is 15.3. The molecule has 3 rings (SSSR count). The summed E-state index contributed by atoms with van der Waals surface area (Å²) in [6.07, 6.45) is -0.379. The highest BCUT2D eigenvalue weighted by Gasteiger charge is 2.23. The van der Waals surface area contributed by atoms with Gasteiger partial charge in [0, 0.05) is 5.56 Å². The minimum absolute atomic E-state index is 0.111. The van der Waals surface area contributed by atoms with Crippen LogP contribution in [-0.2, 0) is 4.74 Å². The largest absolute Gasteiger partial charge is 0.495 e. The summed E-state index contributed by atoms with van der Waals surface area (Å²) in [5.41, 5.74) is 2.70. The second-order valence-electron chi connectivity index (χ2n) is 4.87. The molecule has 1 aliphatic heterocycles. The van der Waals surface area contributed by atoms with Crippen molar-refractivity contribution >= 4 is 6.09 Å². The number of carbonyl (C=O) groups is 1. The van der Waals surface area contributed by atoms with E-state index in [1.807, 2.05) is 48.5 Å². The van der Waals surface area contributed by atoms with Crippen LogP contribution in [0.4, 0.5) is 4.79 Å². The van der Waals surface area contributed by atoms with Crippen molar-refractivity contribution in [3.63, 3.8) is 0 Å². The van der Waals surface area contributed by atoms with Crippen LogP contribution in [0.3, 0.4) is 0 Å². The minimum atomic E-state index is -0.379. The van der Waals surface area contributed by atoms with E-state index in [9.17, 15) is 4.79 Å². The molecule has 110 valence electrons. The van der Waals surface area contributed by atoms with Crippen LogP contribution in [0.5, 0.6) is 5.75 Å². The molecule has 0 aliphatic carbocycles. The normalized spacial score (nSPS) is 16.2. The summed E-state index contributed by atoms with van der Waals surface area (Å²) < 4.78 is 10.2. The molecular formula is C18H15NO3. The number of hydrogen-bond donors (Lipinski definition) is 1. The number of nitrogens with one attached hydrogen (secondary N) is 1. The Bertz CT molecular complexity index is 758. The second-order valence-corrected chi connectivity index (χ2v) is 4.87. The number of alkyl carbamates (subject to hydrolysis) is 1. The third kappa shape index (κ3) is 3.04. The highest BCUT2D eigenvalue weighted by molar-refractivity contribution is 5.70. The fourth-order valence-electron chi connectivity index (χ4n) is 2.28. The Morgan fingerprint density at radius 2 is 2.05 bits per heavy atom. The molecule has 4 nitrogen and oxygen atoms in total. The van der Waals surface area contributed by atoms with Crippen LogP contribution >= 0.6 is 0 Å². The molecule has 1 amide bonds. The lowest BCUT2D eigenvalue weighted by Crippen LogP contribution is -2.18.